The molecule has 1 N–H and O–H groups in total. The molecule has 0 saturated heterocycles. The molecule has 1 amide bonds. The standard InChI is InChI=1S/C21H25BrN4O3S/c1-4-26(5-2)30(28,29)17-10-11-19-18(14-17)24-20(25(19)3)12-13-21(27)23-16-8-6-15(22)7-9-16/h6-11,14H,4-5,12-13H2,1-3H3,(H,23,27). The summed E-state index contributed by atoms with van der Waals surface area (Å²) in [4.78, 5) is 17.1. The van der Waals surface area contributed by atoms with Gasteiger partial charge in [-0.1, -0.05) is 29.8 Å². The predicted molar refractivity (Wildman–Crippen MR) is 122 cm³/mol. The third-order valence-electron chi connectivity index (χ3n) is 4.99. The summed E-state index contributed by atoms with van der Waals surface area (Å²) >= 11 is 3.37. The van der Waals surface area contributed by atoms with Crippen molar-refractivity contribution in [1.82, 2.24) is 13.9 Å². The predicted octanol–water partition coefficient (Wildman–Crippen LogP) is 3.94. The van der Waals surface area contributed by atoms with E-state index in [4.69, 9.17) is 0 Å². The second kappa shape index (κ2) is 9.28. The zero-order chi connectivity index (χ0) is 21.9. The van der Waals surface area contributed by atoms with Gasteiger partial charge < -0.3 is 9.88 Å². The van der Waals surface area contributed by atoms with Crippen molar-refractivity contribution in [3.05, 3.63) is 52.8 Å². The normalized spacial score (nSPS) is 11.9. The van der Waals surface area contributed by atoms with E-state index in [0.29, 0.717) is 25.0 Å². The summed E-state index contributed by atoms with van der Waals surface area (Å²) in [5, 5.41) is 2.87. The average Bonchev–Trinajstić information content (AvgIpc) is 3.04. The molecule has 0 unspecified atom stereocenters. The SMILES string of the molecule is CCN(CC)S(=O)(=O)c1ccc2c(c1)nc(CCC(=O)Nc1ccc(Br)cc1)n2C. The van der Waals surface area contributed by atoms with Crippen LogP contribution in [0, 0.1) is 0 Å². The number of hydrogen-bond acceptors (Lipinski definition) is 4. The maximum Gasteiger partial charge on any atom is 0.243 e. The fourth-order valence-electron chi connectivity index (χ4n) is 3.31. The summed E-state index contributed by atoms with van der Waals surface area (Å²) in [5.74, 6) is 0.627. The van der Waals surface area contributed by atoms with Crippen molar-refractivity contribution in [2.75, 3.05) is 18.4 Å². The first-order valence-corrected chi connectivity index (χ1v) is 12.0. The van der Waals surface area contributed by atoms with Gasteiger partial charge in [0.05, 0.1) is 15.9 Å². The van der Waals surface area contributed by atoms with Gasteiger partial charge in [0, 0.05) is 43.1 Å². The van der Waals surface area contributed by atoms with Crippen molar-refractivity contribution in [3.8, 4) is 0 Å². The smallest absolute Gasteiger partial charge is 0.243 e. The molecule has 9 heteroatoms. The van der Waals surface area contributed by atoms with Gasteiger partial charge in [-0.3, -0.25) is 4.79 Å². The number of halogens is 1. The van der Waals surface area contributed by atoms with Gasteiger partial charge in [-0.25, -0.2) is 13.4 Å². The van der Waals surface area contributed by atoms with Crippen LogP contribution in [-0.4, -0.2) is 41.3 Å². The molecule has 0 fully saturated rings. The number of aryl methyl sites for hydroxylation is 2. The van der Waals surface area contributed by atoms with Crippen molar-refractivity contribution in [1.29, 1.82) is 0 Å². The Morgan fingerprint density at radius 2 is 1.80 bits per heavy atom. The van der Waals surface area contributed by atoms with Crippen LogP contribution in [0.3, 0.4) is 0 Å². The first kappa shape index (κ1) is 22.5. The summed E-state index contributed by atoms with van der Waals surface area (Å²) < 4.78 is 29.8. The minimum atomic E-state index is -3.54. The number of carbonyl (C=O) groups excluding carboxylic acids is 1. The third kappa shape index (κ3) is 4.74. The van der Waals surface area contributed by atoms with Crippen molar-refractivity contribution in [2.24, 2.45) is 7.05 Å². The number of nitrogens with one attached hydrogen (secondary N) is 1. The molecule has 7 nitrogen and oxygen atoms in total. The molecule has 0 radical (unpaired) electrons. The zero-order valence-corrected chi connectivity index (χ0v) is 19.6. The molecule has 0 spiro atoms. The summed E-state index contributed by atoms with van der Waals surface area (Å²) in [5.41, 5.74) is 2.17. The summed E-state index contributed by atoms with van der Waals surface area (Å²) in [6.07, 6.45) is 0.726. The molecule has 0 aliphatic rings. The number of anilines is 1. The minimum absolute atomic E-state index is 0.103. The zero-order valence-electron chi connectivity index (χ0n) is 17.2. The van der Waals surface area contributed by atoms with Crippen LogP contribution in [0.2, 0.25) is 0 Å². The van der Waals surface area contributed by atoms with Crippen molar-refractivity contribution in [3.63, 3.8) is 0 Å². The molecule has 1 heterocycles. The number of aromatic nitrogens is 2. The number of sulfonamides is 1. The largest absolute Gasteiger partial charge is 0.331 e. The highest BCUT2D eigenvalue weighted by molar-refractivity contribution is 9.10. The highest BCUT2D eigenvalue weighted by Gasteiger charge is 2.22. The molecule has 160 valence electrons. The monoisotopic (exact) mass is 492 g/mol. The third-order valence-corrected chi connectivity index (χ3v) is 7.57. The van der Waals surface area contributed by atoms with E-state index in [0.717, 1.165) is 21.5 Å². The van der Waals surface area contributed by atoms with E-state index in [1.165, 1.54) is 4.31 Å². The van der Waals surface area contributed by atoms with Gasteiger partial charge in [0.25, 0.3) is 0 Å². The fourth-order valence-corrected chi connectivity index (χ4v) is 5.05. The molecule has 2 aromatic carbocycles. The lowest BCUT2D eigenvalue weighted by Gasteiger charge is -2.18. The number of hydrogen-bond donors (Lipinski definition) is 1. The van der Waals surface area contributed by atoms with Crippen LogP contribution < -0.4 is 5.32 Å². The van der Waals surface area contributed by atoms with Crippen LogP contribution in [0.4, 0.5) is 5.69 Å². The highest BCUT2D eigenvalue weighted by Crippen LogP contribution is 2.23. The number of imidazole rings is 1. The molecule has 0 aliphatic heterocycles. The van der Waals surface area contributed by atoms with E-state index in [9.17, 15) is 13.2 Å². The Morgan fingerprint density at radius 1 is 1.13 bits per heavy atom. The molecule has 0 aliphatic carbocycles. The summed E-state index contributed by atoms with van der Waals surface area (Å²) in [6, 6.07) is 12.4. The van der Waals surface area contributed by atoms with Crippen LogP contribution in [0.1, 0.15) is 26.1 Å². The lowest BCUT2D eigenvalue weighted by atomic mass is 10.2. The molecule has 3 aromatic rings. The first-order valence-electron chi connectivity index (χ1n) is 9.77. The Morgan fingerprint density at radius 3 is 2.43 bits per heavy atom. The molecule has 0 atom stereocenters. The molecule has 1 aromatic heterocycles. The molecular weight excluding hydrogens is 468 g/mol. The van der Waals surface area contributed by atoms with Gasteiger partial charge in [0.1, 0.15) is 5.82 Å². The van der Waals surface area contributed by atoms with Crippen molar-refractivity contribution in [2.45, 2.75) is 31.6 Å². The van der Waals surface area contributed by atoms with Gasteiger partial charge in [0.15, 0.2) is 0 Å². The highest BCUT2D eigenvalue weighted by atomic mass is 79.9. The number of nitrogens with zero attached hydrogens (tertiary/aromatic N) is 3. The maximum absolute atomic E-state index is 12.8. The van der Waals surface area contributed by atoms with Crippen LogP contribution in [0.5, 0.6) is 0 Å². The second-order valence-corrected chi connectivity index (χ2v) is 9.74. The van der Waals surface area contributed by atoms with Gasteiger partial charge in [-0.05, 0) is 42.5 Å². The summed E-state index contributed by atoms with van der Waals surface area (Å²) in [6.45, 7) is 4.46. The van der Waals surface area contributed by atoms with Gasteiger partial charge >= 0.3 is 0 Å². The fraction of sp³-hybridized carbons (Fsp3) is 0.333. The van der Waals surface area contributed by atoms with E-state index in [2.05, 4.69) is 26.2 Å². The number of carbonyl (C=O) groups is 1. The quantitative estimate of drug-likeness (QED) is 0.515. The Kier molecular flexibility index (Phi) is 6.95. The van der Waals surface area contributed by atoms with E-state index in [1.807, 2.05) is 49.7 Å². The number of amides is 1. The topological polar surface area (TPSA) is 84.3 Å². The number of rotatable bonds is 8. The minimum Gasteiger partial charge on any atom is -0.331 e. The average molecular weight is 493 g/mol. The Bertz CT molecular complexity index is 1150. The molecular formula is C21H25BrN4O3S. The van der Waals surface area contributed by atoms with Crippen LogP contribution in [-0.2, 0) is 28.3 Å². The van der Waals surface area contributed by atoms with Crippen molar-refractivity contribution >= 4 is 48.6 Å². The second-order valence-electron chi connectivity index (χ2n) is 6.88. The molecule has 0 bridgehead atoms. The lowest BCUT2D eigenvalue weighted by molar-refractivity contribution is -0.116. The van der Waals surface area contributed by atoms with Gasteiger partial charge in [-0.2, -0.15) is 4.31 Å². The molecule has 0 saturated carbocycles. The van der Waals surface area contributed by atoms with Crippen LogP contribution >= 0.6 is 15.9 Å². The van der Waals surface area contributed by atoms with E-state index in [-0.39, 0.29) is 17.2 Å². The van der Waals surface area contributed by atoms with E-state index < -0.39 is 10.0 Å². The Labute approximate surface area is 185 Å². The van der Waals surface area contributed by atoms with Crippen molar-refractivity contribution < 1.29 is 13.2 Å². The summed E-state index contributed by atoms with van der Waals surface area (Å²) in [7, 11) is -1.67. The van der Waals surface area contributed by atoms with E-state index in [1.54, 1.807) is 18.2 Å². The Hall–Kier alpha value is -2.23. The lowest BCUT2D eigenvalue weighted by Crippen LogP contribution is -2.30. The number of fused-ring (bicyclic) bond motifs is 1. The van der Waals surface area contributed by atoms with Crippen LogP contribution in [0.25, 0.3) is 11.0 Å². The molecule has 3 rings (SSSR count). The van der Waals surface area contributed by atoms with Gasteiger partial charge in [-0.15, -0.1) is 0 Å². The Balaban J connectivity index is 1.76. The van der Waals surface area contributed by atoms with Crippen LogP contribution in [0.15, 0.2) is 51.8 Å². The maximum atomic E-state index is 12.8. The molecule has 30 heavy (non-hydrogen) atoms. The first-order chi connectivity index (χ1) is 14.3. The van der Waals surface area contributed by atoms with E-state index >= 15 is 0 Å². The number of benzene rings is 2. The van der Waals surface area contributed by atoms with Gasteiger partial charge in [0.2, 0.25) is 15.9 Å².